The van der Waals surface area contributed by atoms with Crippen molar-refractivity contribution in [3.05, 3.63) is 47.6 Å². The summed E-state index contributed by atoms with van der Waals surface area (Å²) >= 11 is 0. The number of aromatic nitrogens is 2. The van der Waals surface area contributed by atoms with E-state index in [1.807, 2.05) is 30.3 Å². The molecule has 6 heteroatoms. The molecule has 0 aliphatic heterocycles. The van der Waals surface area contributed by atoms with Crippen molar-refractivity contribution in [2.24, 2.45) is 0 Å². The molecule has 1 aromatic carbocycles. The van der Waals surface area contributed by atoms with Gasteiger partial charge in [-0.2, -0.15) is 4.98 Å². The highest BCUT2D eigenvalue weighted by molar-refractivity contribution is 5.13. The molecule has 1 atom stereocenters. The molecule has 0 saturated heterocycles. The van der Waals surface area contributed by atoms with Crippen LogP contribution in [0.2, 0.25) is 0 Å². The number of nitrogens with zero attached hydrogens (tertiary/aromatic N) is 2. The van der Waals surface area contributed by atoms with Crippen molar-refractivity contribution in [1.29, 1.82) is 0 Å². The third-order valence-electron chi connectivity index (χ3n) is 2.65. The first-order valence-electron chi connectivity index (χ1n) is 6.53. The lowest BCUT2D eigenvalue weighted by Crippen LogP contribution is -2.30. The quantitative estimate of drug-likeness (QED) is 0.750. The fraction of sp³-hybridized carbons (Fsp3) is 0.429. The van der Waals surface area contributed by atoms with Crippen LogP contribution in [0.1, 0.15) is 17.3 Å². The lowest BCUT2D eigenvalue weighted by molar-refractivity contribution is 0.0286. The summed E-state index contributed by atoms with van der Waals surface area (Å²) in [6, 6.07) is 9.86. The van der Waals surface area contributed by atoms with Crippen molar-refractivity contribution < 1.29 is 14.4 Å². The van der Waals surface area contributed by atoms with Crippen molar-refractivity contribution in [3.8, 4) is 0 Å². The Bertz CT molecular complexity index is 501. The first-order chi connectivity index (χ1) is 9.74. The van der Waals surface area contributed by atoms with Gasteiger partial charge in [-0.1, -0.05) is 35.5 Å². The minimum absolute atomic E-state index is 0.285. The zero-order valence-corrected chi connectivity index (χ0v) is 11.5. The van der Waals surface area contributed by atoms with Gasteiger partial charge in [0.05, 0.1) is 25.9 Å². The molecule has 2 rings (SSSR count). The van der Waals surface area contributed by atoms with Gasteiger partial charge >= 0.3 is 0 Å². The first kappa shape index (κ1) is 14.6. The van der Waals surface area contributed by atoms with Crippen molar-refractivity contribution in [2.45, 2.75) is 26.2 Å². The van der Waals surface area contributed by atoms with Crippen LogP contribution >= 0.6 is 0 Å². The Balaban J connectivity index is 1.57. The van der Waals surface area contributed by atoms with E-state index in [-0.39, 0.29) is 6.61 Å². The summed E-state index contributed by atoms with van der Waals surface area (Å²) in [5.41, 5.74) is 1.09. The summed E-state index contributed by atoms with van der Waals surface area (Å²) in [6.45, 7) is 3.41. The number of benzene rings is 1. The Hall–Kier alpha value is -1.76. The normalized spacial score (nSPS) is 12.5. The van der Waals surface area contributed by atoms with Gasteiger partial charge in [-0.05, 0) is 5.56 Å². The molecule has 1 aromatic heterocycles. The molecule has 0 spiro atoms. The molecule has 0 radical (unpaired) electrons. The minimum Gasteiger partial charge on any atom is -0.389 e. The average Bonchev–Trinajstić information content (AvgIpc) is 2.86. The Labute approximate surface area is 117 Å². The van der Waals surface area contributed by atoms with Crippen molar-refractivity contribution in [2.75, 3.05) is 13.2 Å². The van der Waals surface area contributed by atoms with Crippen LogP contribution in [0.4, 0.5) is 0 Å². The SMILES string of the molecule is Cc1nc(CNCC(O)COCc2ccccc2)no1. The van der Waals surface area contributed by atoms with Crippen LogP contribution in [0.15, 0.2) is 34.9 Å². The standard InChI is InChI=1S/C14H19N3O3/c1-11-16-14(17-20-11)8-15-7-13(18)10-19-9-12-5-3-2-4-6-12/h2-6,13,15,18H,7-10H2,1H3. The van der Waals surface area contributed by atoms with Crippen LogP contribution in [-0.2, 0) is 17.9 Å². The minimum atomic E-state index is -0.563. The van der Waals surface area contributed by atoms with Gasteiger partial charge in [0.15, 0.2) is 5.82 Å². The van der Waals surface area contributed by atoms with E-state index in [0.717, 1.165) is 5.56 Å². The molecule has 0 saturated carbocycles. The average molecular weight is 277 g/mol. The van der Waals surface area contributed by atoms with Gasteiger partial charge < -0.3 is 19.7 Å². The van der Waals surface area contributed by atoms with E-state index in [2.05, 4.69) is 15.5 Å². The van der Waals surface area contributed by atoms with Crippen LogP contribution in [-0.4, -0.2) is 34.5 Å². The van der Waals surface area contributed by atoms with Crippen molar-refractivity contribution >= 4 is 0 Å². The van der Waals surface area contributed by atoms with E-state index in [9.17, 15) is 5.11 Å². The van der Waals surface area contributed by atoms with Gasteiger partial charge in [-0.15, -0.1) is 0 Å². The molecular weight excluding hydrogens is 258 g/mol. The Morgan fingerprint density at radius 3 is 2.85 bits per heavy atom. The van der Waals surface area contributed by atoms with Crippen LogP contribution in [0.3, 0.4) is 0 Å². The van der Waals surface area contributed by atoms with Crippen LogP contribution < -0.4 is 5.32 Å². The summed E-state index contributed by atoms with van der Waals surface area (Å²) < 4.78 is 10.3. The number of nitrogens with one attached hydrogen (secondary N) is 1. The second-order valence-corrected chi connectivity index (χ2v) is 4.52. The molecule has 0 bridgehead atoms. The summed E-state index contributed by atoms with van der Waals surface area (Å²) in [5.74, 6) is 1.12. The second-order valence-electron chi connectivity index (χ2n) is 4.52. The molecule has 1 heterocycles. The Kier molecular flexibility index (Phi) is 5.67. The van der Waals surface area contributed by atoms with Crippen LogP contribution in [0.5, 0.6) is 0 Å². The molecule has 0 amide bonds. The van der Waals surface area contributed by atoms with Gasteiger partial charge in [0.1, 0.15) is 0 Å². The van der Waals surface area contributed by atoms with E-state index >= 15 is 0 Å². The molecule has 6 nitrogen and oxygen atoms in total. The second kappa shape index (κ2) is 7.74. The van der Waals surface area contributed by atoms with Crippen LogP contribution in [0, 0.1) is 6.92 Å². The highest BCUT2D eigenvalue weighted by Crippen LogP contribution is 2.01. The van der Waals surface area contributed by atoms with Gasteiger partial charge in [-0.25, -0.2) is 0 Å². The van der Waals surface area contributed by atoms with E-state index < -0.39 is 6.10 Å². The largest absolute Gasteiger partial charge is 0.389 e. The van der Waals surface area contributed by atoms with Crippen molar-refractivity contribution in [3.63, 3.8) is 0 Å². The summed E-state index contributed by atoms with van der Waals surface area (Å²) in [4.78, 5) is 4.06. The third-order valence-corrected chi connectivity index (χ3v) is 2.65. The molecule has 108 valence electrons. The number of hydrogen-bond donors (Lipinski definition) is 2. The predicted octanol–water partition coefficient (Wildman–Crippen LogP) is 1.05. The predicted molar refractivity (Wildman–Crippen MR) is 72.8 cm³/mol. The zero-order valence-electron chi connectivity index (χ0n) is 11.5. The van der Waals surface area contributed by atoms with Gasteiger partial charge in [0.2, 0.25) is 5.89 Å². The van der Waals surface area contributed by atoms with Crippen molar-refractivity contribution in [1.82, 2.24) is 15.5 Å². The smallest absolute Gasteiger partial charge is 0.223 e. The number of rotatable bonds is 8. The number of aliphatic hydroxyl groups excluding tert-OH is 1. The summed E-state index contributed by atoms with van der Waals surface area (Å²) in [7, 11) is 0. The molecule has 0 aliphatic carbocycles. The molecule has 1 unspecified atom stereocenters. The molecular formula is C14H19N3O3. The number of aryl methyl sites for hydroxylation is 1. The molecule has 2 aromatic rings. The molecule has 20 heavy (non-hydrogen) atoms. The lowest BCUT2D eigenvalue weighted by atomic mass is 10.2. The number of aliphatic hydroxyl groups is 1. The van der Waals surface area contributed by atoms with Gasteiger partial charge in [0.25, 0.3) is 0 Å². The maximum Gasteiger partial charge on any atom is 0.223 e. The van der Waals surface area contributed by atoms with E-state index in [1.54, 1.807) is 6.92 Å². The molecule has 0 fully saturated rings. The zero-order chi connectivity index (χ0) is 14.2. The van der Waals surface area contributed by atoms with Gasteiger partial charge in [-0.3, -0.25) is 0 Å². The lowest BCUT2D eigenvalue weighted by Gasteiger charge is -2.11. The van der Waals surface area contributed by atoms with Gasteiger partial charge in [0, 0.05) is 13.5 Å². The van der Waals surface area contributed by atoms with E-state index in [0.29, 0.717) is 31.4 Å². The maximum atomic E-state index is 9.76. The topological polar surface area (TPSA) is 80.4 Å². The fourth-order valence-corrected chi connectivity index (χ4v) is 1.71. The van der Waals surface area contributed by atoms with Crippen LogP contribution in [0.25, 0.3) is 0 Å². The maximum absolute atomic E-state index is 9.76. The highest BCUT2D eigenvalue weighted by Gasteiger charge is 2.06. The highest BCUT2D eigenvalue weighted by atomic mass is 16.5. The monoisotopic (exact) mass is 277 g/mol. The summed E-state index contributed by atoms with van der Waals surface area (Å²) in [6.07, 6.45) is -0.563. The fourth-order valence-electron chi connectivity index (χ4n) is 1.71. The Morgan fingerprint density at radius 2 is 2.15 bits per heavy atom. The summed E-state index contributed by atoms with van der Waals surface area (Å²) in [5, 5.41) is 16.6. The molecule has 2 N–H and O–H groups in total. The van der Waals surface area contributed by atoms with E-state index in [4.69, 9.17) is 9.26 Å². The Morgan fingerprint density at radius 1 is 1.35 bits per heavy atom. The first-order valence-corrected chi connectivity index (χ1v) is 6.53. The third kappa shape index (κ3) is 5.08. The number of ether oxygens (including phenoxy) is 1. The molecule has 0 aliphatic rings. The number of hydrogen-bond acceptors (Lipinski definition) is 6. The van der Waals surface area contributed by atoms with E-state index in [1.165, 1.54) is 0 Å².